The lowest BCUT2D eigenvalue weighted by atomic mass is 10.1. The molecule has 0 fully saturated rings. The zero-order chi connectivity index (χ0) is 13.8. The van der Waals surface area contributed by atoms with Gasteiger partial charge in [-0.15, -0.1) is 0 Å². The number of ether oxygens (including phenoxy) is 1. The zero-order valence-corrected chi connectivity index (χ0v) is 9.65. The number of carbonyl (C=O) groups excluding carboxylic acids is 1. The molecule has 2 rings (SSSR count). The van der Waals surface area contributed by atoms with Gasteiger partial charge < -0.3 is 10.5 Å². The highest BCUT2D eigenvalue weighted by atomic mass is 16.6. The van der Waals surface area contributed by atoms with E-state index in [1.807, 2.05) is 0 Å². The number of nitro benzene ring substituents is 1. The topological polar surface area (TPSA) is 108 Å². The van der Waals surface area contributed by atoms with Crippen LogP contribution in [0.15, 0.2) is 42.6 Å². The van der Waals surface area contributed by atoms with Crippen LogP contribution >= 0.6 is 0 Å². The number of carbonyl (C=O) groups is 1. The summed E-state index contributed by atoms with van der Waals surface area (Å²) >= 11 is 0. The number of primary amides is 1. The van der Waals surface area contributed by atoms with Gasteiger partial charge in [0.15, 0.2) is 0 Å². The van der Waals surface area contributed by atoms with Crippen LogP contribution < -0.4 is 10.5 Å². The van der Waals surface area contributed by atoms with Crippen molar-refractivity contribution in [3.05, 3.63) is 52.7 Å². The standard InChI is InChI=1S/C12H9N3O4/c13-12(16)19-11-10(2-1-7-14-11)8-3-5-9(6-4-8)15(17)18/h1-7H,(H2,13,16). The Kier molecular flexibility index (Phi) is 3.37. The minimum absolute atomic E-state index is 0.0231. The smallest absolute Gasteiger partial charge is 0.391 e. The van der Waals surface area contributed by atoms with E-state index < -0.39 is 11.0 Å². The maximum atomic E-state index is 10.8. The molecular weight excluding hydrogens is 250 g/mol. The van der Waals surface area contributed by atoms with Crippen LogP contribution in [0, 0.1) is 10.1 Å². The highest BCUT2D eigenvalue weighted by Gasteiger charge is 2.11. The van der Waals surface area contributed by atoms with E-state index in [2.05, 4.69) is 4.98 Å². The van der Waals surface area contributed by atoms with Crippen LogP contribution in [0.3, 0.4) is 0 Å². The SMILES string of the molecule is NC(=O)Oc1ncccc1-c1ccc([N+](=O)[O-])cc1. The number of aromatic nitrogens is 1. The maximum Gasteiger partial charge on any atom is 0.411 e. The zero-order valence-electron chi connectivity index (χ0n) is 9.65. The first-order valence-corrected chi connectivity index (χ1v) is 5.25. The number of rotatable bonds is 3. The van der Waals surface area contributed by atoms with E-state index in [4.69, 9.17) is 10.5 Å². The predicted molar refractivity (Wildman–Crippen MR) is 66.5 cm³/mol. The minimum Gasteiger partial charge on any atom is -0.391 e. The third-order valence-electron chi connectivity index (χ3n) is 2.36. The fourth-order valence-electron chi connectivity index (χ4n) is 1.55. The summed E-state index contributed by atoms with van der Waals surface area (Å²) < 4.78 is 4.77. The Morgan fingerprint density at radius 2 is 1.95 bits per heavy atom. The van der Waals surface area contributed by atoms with Crippen molar-refractivity contribution in [3.8, 4) is 17.0 Å². The van der Waals surface area contributed by atoms with Crippen molar-refractivity contribution >= 4 is 11.8 Å². The minimum atomic E-state index is -0.970. The lowest BCUT2D eigenvalue weighted by Crippen LogP contribution is -2.17. The average Bonchev–Trinajstić information content (AvgIpc) is 2.39. The lowest BCUT2D eigenvalue weighted by molar-refractivity contribution is -0.384. The molecule has 7 nitrogen and oxygen atoms in total. The summed E-state index contributed by atoms with van der Waals surface area (Å²) in [5.74, 6) is 0.0591. The summed E-state index contributed by atoms with van der Waals surface area (Å²) in [6.07, 6.45) is 0.481. The number of nitrogens with two attached hydrogens (primary N) is 1. The summed E-state index contributed by atoms with van der Waals surface area (Å²) in [6, 6.07) is 9.13. The Labute approximate surface area is 107 Å². The van der Waals surface area contributed by atoms with E-state index in [0.717, 1.165) is 0 Å². The van der Waals surface area contributed by atoms with E-state index in [1.54, 1.807) is 24.3 Å². The van der Waals surface area contributed by atoms with E-state index in [-0.39, 0.29) is 11.6 Å². The molecule has 0 aliphatic carbocycles. The third kappa shape index (κ3) is 2.83. The molecule has 19 heavy (non-hydrogen) atoms. The number of amides is 1. The van der Waals surface area contributed by atoms with Crippen LogP contribution in [-0.2, 0) is 0 Å². The van der Waals surface area contributed by atoms with Gasteiger partial charge in [0.05, 0.1) is 4.92 Å². The van der Waals surface area contributed by atoms with E-state index in [9.17, 15) is 14.9 Å². The maximum absolute atomic E-state index is 10.8. The Morgan fingerprint density at radius 3 is 2.53 bits per heavy atom. The van der Waals surface area contributed by atoms with Gasteiger partial charge in [0.2, 0.25) is 5.88 Å². The molecule has 0 aliphatic heterocycles. The lowest BCUT2D eigenvalue weighted by Gasteiger charge is -2.06. The summed E-state index contributed by atoms with van der Waals surface area (Å²) in [5.41, 5.74) is 6.08. The molecule has 0 aliphatic rings. The van der Waals surface area contributed by atoms with Gasteiger partial charge in [-0.25, -0.2) is 9.78 Å². The van der Waals surface area contributed by atoms with Crippen LogP contribution in [0.2, 0.25) is 0 Å². The number of benzene rings is 1. The second-order valence-corrected chi connectivity index (χ2v) is 3.58. The van der Waals surface area contributed by atoms with Crippen molar-refractivity contribution in [3.63, 3.8) is 0 Å². The second kappa shape index (κ2) is 5.13. The van der Waals surface area contributed by atoms with Gasteiger partial charge in [0.1, 0.15) is 0 Å². The van der Waals surface area contributed by atoms with Crippen LogP contribution in [0.5, 0.6) is 5.88 Å². The van der Waals surface area contributed by atoms with Crippen LogP contribution in [0.4, 0.5) is 10.5 Å². The predicted octanol–water partition coefficient (Wildman–Crippen LogP) is 2.11. The van der Waals surface area contributed by atoms with E-state index in [0.29, 0.717) is 11.1 Å². The first kappa shape index (κ1) is 12.5. The van der Waals surface area contributed by atoms with E-state index in [1.165, 1.54) is 18.3 Å². The normalized spacial score (nSPS) is 9.89. The molecule has 1 heterocycles. The van der Waals surface area contributed by atoms with Gasteiger partial charge in [-0.1, -0.05) is 0 Å². The molecule has 0 radical (unpaired) electrons. The largest absolute Gasteiger partial charge is 0.411 e. The summed E-state index contributed by atoms with van der Waals surface area (Å²) in [7, 11) is 0. The first-order valence-electron chi connectivity index (χ1n) is 5.25. The molecule has 1 aromatic carbocycles. The van der Waals surface area contributed by atoms with Gasteiger partial charge in [0, 0.05) is 23.9 Å². The number of nitrogens with zero attached hydrogens (tertiary/aromatic N) is 2. The molecule has 96 valence electrons. The number of non-ortho nitro benzene ring substituents is 1. The van der Waals surface area contributed by atoms with Gasteiger partial charge in [-0.05, 0) is 29.8 Å². The molecule has 0 spiro atoms. The molecule has 7 heteroatoms. The van der Waals surface area contributed by atoms with Crippen LogP contribution in [-0.4, -0.2) is 16.0 Å². The molecular formula is C12H9N3O4. The van der Waals surface area contributed by atoms with Crippen molar-refractivity contribution in [1.29, 1.82) is 0 Å². The fourth-order valence-corrected chi connectivity index (χ4v) is 1.55. The van der Waals surface area contributed by atoms with Crippen molar-refractivity contribution in [2.75, 3.05) is 0 Å². The summed E-state index contributed by atoms with van der Waals surface area (Å²) in [6.45, 7) is 0. The monoisotopic (exact) mass is 259 g/mol. The van der Waals surface area contributed by atoms with E-state index >= 15 is 0 Å². The van der Waals surface area contributed by atoms with Crippen LogP contribution in [0.25, 0.3) is 11.1 Å². The fraction of sp³-hybridized carbons (Fsp3) is 0. The number of pyridine rings is 1. The van der Waals surface area contributed by atoms with Gasteiger partial charge >= 0.3 is 6.09 Å². The molecule has 1 aromatic heterocycles. The van der Waals surface area contributed by atoms with Crippen molar-refractivity contribution < 1.29 is 14.5 Å². The Morgan fingerprint density at radius 1 is 1.26 bits per heavy atom. The number of hydrogen-bond donors (Lipinski definition) is 1. The van der Waals surface area contributed by atoms with Crippen molar-refractivity contribution in [2.24, 2.45) is 5.73 Å². The third-order valence-corrected chi connectivity index (χ3v) is 2.36. The Hall–Kier alpha value is -2.96. The van der Waals surface area contributed by atoms with Gasteiger partial charge in [0.25, 0.3) is 5.69 Å². The van der Waals surface area contributed by atoms with Gasteiger partial charge in [-0.2, -0.15) is 0 Å². The molecule has 0 bridgehead atoms. The molecule has 0 saturated carbocycles. The Balaban J connectivity index is 2.41. The Bertz CT molecular complexity index is 625. The number of hydrogen-bond acceptors (Lipinski definition) is 5. The summed E-state index contributed by atoms with van der Waals surface area (Å²) in [4.78, 5) is 24.7. The molecule has 2 aromatic rings. The molecule has 0 atom stereocenters. The first-order chi connectivity index (χ1) is 9.08. The molecule has 0 saturated heterocycles. The molecule has 1 amide bonds. The highest BCUT2D eigenvalue weighted by Crippen LogP contribution is 2.28. The molecule has 0 unspecified atom stereocenters. The van der Waals surface area contributed by atoms with Crippen molar-refractivity contribution in [2.45, 2.75) is 0 Å². The van der Waals surface area contributed by atoms with Gasteiger partial charge in [-0.3, -0.25) is 10.1 Å². The average molecular weight is 259 g/mol. The number of nitro groups is 1. The summed E-state index contributed by atoms with van der Waals surface area (Å²) in [5, 5.41) is 10.6. The quantitative estimate of drug-likeness (QED) is 0.670. The van der Waals surface area contributed by atoms with Crippen molar-refractivity contribution in [1.82, 2.24) is 4.98 Å². The van der Waals surface area contributed by atoms with Crippen LogP contribution in [0.1, 0.15) is 0 Å². The second-order valence-electron chi connectivity index (χ2n) is 3.58. The molecule has 2 N–H and O–H groups in total. The highest BCUT2D eigenvalue weighted by molar-refractivity contribution is 5.74.